The second kappa shape index (κ2) is 7.61. The summed E-state index contributed by atoms with van der Waals surface area (Å²) in [5.74, 6) is 1.29. The van der Waals surface area contributed by atoms with Crippen LogP contribution in [0.15, 0.2) is 62.6 Å². The standard InChI is InChI=1S/C16H12BrFN2O2S/c17-12-5-7-13(8-6-12)21-9-15-19-20-16(22-15)23-10-11-3-1-2-4-14(11)18/h1-8H,9-10H2. The SMILES string of the molecule is Fc1ccccc1CSc1nnc(COc2ccc(Br)cc2)o1. The van der Waals surface area contributed by atoms with Gasteiger partial charge in [-0.15, -0.1) is 10.2 Å². The van der Waals surface area contributed by atoms with E-state index in [2.05, 4.69) is 26.1 Å². The molecule has 0 aliphatic heterocycles. The summed E-state index contributed by atoms with van der Waals surface area (Å²) in [5, 5.41) is 8.23. The number of benzene rings is 2. The maximum absolute atomic E-state index is 13.5. The third-order valence-corrected chi connectivity index (χ3v) is 4.33. The molecule has 0 radical (unpaired) electrons. The van der Waals surface area contributed by atoms with Gasteiger partial charge in [-0.25, -0.2) is 4.39 Å². The van der Waals surface area contributed by atoms with E-state index in [4.69, 9.17) is 9.15 Å². The molecule has 0 spiro atoms. The van der Waals surface area contributed by atoms with E-state index in [-0.39, 0.29) is 12.4 Å². The van der Waals surface area contributed by atoms with Crippen LogP contribution in [0.25, 0.3) is 0 Å². The Balaban J connectivity index is 1.53. The molecule has 118 valence electrons. The first-order chi connectivity index (χ1) is 11.2. The first-order valence-electron chi connectivity index (χ1n) is 6.77. The number of nitrogens with zero attached hydrogens (tertiary/aromatic N) is 2. The molecular weight excluding hydrogens is 383 g/mol. The molecule has 2 aromatic carbocycles. The zero-order valence-electron chi connectivity index (χ0n) is 11.9. The van der Waals surface area contributed by atoms with Crippen LogP contribution in [0, 0.1) is 5.82 Å². The Morgan fingerprint density at radius 2 is 1.87 bits per heavy atom. The lowest BCUT2D eigenvalue weighted by molar-refractivity contribution is 0.252. The number of aromatic nitrogens is 2. The minimum absolute atomic E-state index is 0.189. The topological polar surface area (TPSA) is 48.2 Å². The Bertz CT molecular complexity index is 780. The van der Waals surface area contributed by atoms with Crippen LogP contribution < -0.4 is 4.74 Å². The van der Waals surface area contributed by atoms with Crippen LogP contribution in [0.3, 0.4) is 0 Å². The van der Waals surface area contributed by atoms with Gasteiger partial charge in [-0.05, 0) is 35.9 Å². The van der Waals surface area contributed by atoms with Gasteiger partial charge in [0.25, 0.3) is 11.1 Å². The van der Waals surface area contributed by atoms with Crippen LogP contribution in [0.2, 0.25) is 0 Å². The van der Waals surface area contributed by atoms with Crippen molar-refractivity contribution in [2.45, 2.75) is 17.6 Å². The fourth-order valence-electron chi connectivity index (χ4n) is 1.79. The molecule has 0 saturated heterocycles. The summed E-state index contributed by atoms with van der Waals surface area (Å²) in [7, 11) is 0. The fraction of sp³-hybridized carbons (Fsp3) is 0.125. The fourth-order valence-corrected chi connectivity index (χ4v) is 2.82. The van der Waals surface area contributed by atoms with Crippen molar-refractivity contribution in [3.05, 3.63) is 70.3 Å². The van der Waals surface area contributed by atoms with Gasteiger partial charge in [0.1, 0.15) is 11.6 Å². The lowest BCUT2D eigenvalue weighted by atomic mass is 10.2. The summed E-state index contributed by atoms with van der Waals surface area (Å²) in [4.78, 5) is 0. The third kappa shape index (κ3) is 4.56. The van der Waals surface area contributed by atoms with Gasteiger partial charge in [0.05, 0.1) is 0 Å². The second-order valence-electron chi connectivity index (χ2n) is 4.58. The van der Waals surface area contributed by atoms with Crippen molar-refractivity contribution in [1.82, 2.24) is 10.2 Å². The van der Waals surface area contributed by atoms with E-state index in [1.165, 1.54) is 17.8 Å². The van der Waals surface area contributed by atoms with Crippen LogP contribution >= 0.6 is 27.7 Å². The monoisotopic (exact) mass is 394 g/mol. The molecule has 4 nitrogen and oxygen atoms in total. The summed E-state index contributed by atoms with van der Waals surface area (Å²) >= 11 is 4.65. The normalized spacial score (nSPS) is 10.7. The van der Waals surface area contributed by atoms with E-state index >= 15 is 0 Å². The second-order valence-corrected chi connectivity index (χ2v) is 6.43. The summed E-state index contributed by atoms with van der Waals surface area (Å²) in [6.07, 6.45) is 0. The Kier molecular flexibility index (Phi) is 5.30. The van der Waals surface area contributed by atoms with Crippen molar-refractivity contribution in [2.75, 3.05) is 0 Å². The molecule has 0 N–H and O–H groups in total. The predicted octanol–water partition coefficient (Wildman–Crippen LogP) is 4.84. The van der Waals surface area contributed by atoms with Gasteiger partial charge in [-0.3, -0.25) is 0 Å². The summed E-state index contributed by atoms with van der Waals surface area (Å²) < 4.78 is 25.5. The molecule has 0 aliphatic rings. The molecule has 7 heteroatoms. The van der Waals surface area contributed by atoms with E-state index in [0.29, 0.717) is 28.2 Å². The van der Waals surface area contributed by atoms with E-state index in [1.54, 1.807) is 18.2 Å². The van der Waals surface area contributed by atoms with Crippen LogP contribution in [-0.4, -0.2) is 10.2 Å². The van der Waals surface area contributed by atoms with Gasteiger partial charge in [-0.2, -0.15) is 0 Å². The third-order valence-electron chi connectivity index (χ3n) is 2.93. The Hall–Kier alpha value is -1.86. The molecule has 0 bridgehead atoms. The van der Waals surface area contributed by atoms with E-state index < -0.39 is 0 Å². The smallest absolute Gasteiger partial charge is 0.277 e. The number of thioether (sulfide) groups is 1. The quantitative estimate of drug-likeness (QED) is 0.559. The van der Waals surface area contributed by atoms with Crippen LogP contribution in [-0.2, 0) is 12.4 Å². The molecular formula is C16H12BrFN2O2S. The van der Waals surface area contributed by atoms with Gasteiger partial charge < -0.3 is 9.15 Å². The van der Waals surface area contributed by atoms with Crippen molar-refractivity contribution < 1.29 is 13.5 Å². The van der Waals surface area contributed by atoms with Crippen molar-refractivity contribution in [3.8, 4) is 5.75 Å². The van der Waals surface area contributed by atoms with Crippen molar-refractivity contribution >= 4 is 27.7 Å². The van der Waals surface area contributed by atoms with Gasteiger partial charge >= 0.3 is 0 Å². The minimum atomic E-state index is -0.238. The Morgan fingerprint density at radius 1 is 1.09 bits per heavy atom. The molecule has 0 aliphatic carbocycles. The number of hydrogen-bond acceptors (Lipinski definition) is 5. The lowest BCUT2D eigenvalue weighted by Crippen LogP contribution is -1.95. The average Bonchev–Trinajstić information content (AvgIpc) is 3.02. The number of halogens is 2. The zero-order valence-corrected chi connectivity index (χ0v) is 14.3. The highest BCUT2D eigenvalue weighted by Gasteiger charge is 2.09. The largest absolute Gasteiger partial charge is 0.484 e. The number of hydrogen-bond donors (Lipinski definition) is 0. The Labute approximate surface area is 145 Å². The number of rotatable bonds is 6. The van der Waals surface area contributed by atoms with E-state index in [1.807, 2.05) is 24.3 Å². The van der Waals surface area contributed by atoms with E-state index in [9.17, 15) is 4.39 Å². The van der Waals surface area contributed by atoms with E-state index in [0.717, 1.165) is 4.47 Å². The van der Waals surface area contributed by atoms with Gasteiger partial charge in [-0.1, -0.05) is 45.9 Å². The molecule has 0 fully saturated rings. The molecule has 1 heterocycles. The molecule has 0 amide bonds. The van der Waals surface area contributed by atoms with Crippen molar-refractivity contribution in [3.63, 3.8) is 0 Å². The Morgan fingerprint density at radius 3 is 2.65 bits per heavy atom. The first kappa shape index (κ1) is 16.0. The molecule has 23 heavy (non-hydrogen) atoms. The minimum Gasteiger partial charge on any atom is -0.484 e. The van der Waals surface area contributed by atoms with Crippen LogP contribution in [0.4, 0.5) is 4.39 Å². The molecule has 0 unspecified atom stereocenters. The molecule has 0 saturated carbocycles. The summed E-state index contributed by atoms with van der Waals surface area (Å²) in [6, 6.07) is 14.1. The number of ether oxygens (including phenoxy) is 1. The maximum atomic E-state index is 13.5. The van der Waals surface area contributed by atoms with Gasteiger partial charge in [0.2, 0.25) is 0 Å². The predicted molar refractivity (Wildman–Crippen MR) is 88.7 cm³/mol. The van der Waals surface area contributed by atoms with Gasteiger partial charge in [0, 0.05) is 10.2 Å². The average molecular weight is 395 g/mol. The van der Waals surface area contributed by atoms with Crippen LogP contribution in [0.5, 0.6) is 5.75 Å². The molecule has 3 rings (SSSR count). The summed E-state index contributed by atoms with van der Waals surface area (Å²) in [6.45, 7) is 0.189. The summed E-state index contributed by atoms with van der Waals surface area (Å²) in [5.41, 5.74) is 0.600. The maximum Gasteiger partial charge on any atom is 0.277 e. The van der Waals surface area contributed by atoms with Crippen LogP contribution in [0.1, 0.15) is 11.5 Å². The first-order valence-corrected chi connectivity index (χ1v) is 8.55. The van der Waals surface area contributed by atoms with Crippen molar-refractivity contribution in [2.24, 2.45) is 0 Å². The van der Waals surface area contributed by atoms with Gasteiger partial charge in [0.15, 0.2) is 6.61 Å². The zero-order chi connectivity index (χ0) is 16.1. The molecule has 0 atom stereocenters. The van der Waals surface area contributed by atoms with Crippen molar-refractivity contribution in [1.29, 1.82) is 0 Å². The molecule has 1 aromatic heterocycles. The highest BCUT2D eigenvalue weighted by molar-refractivity contribution is 9.10. The molecule has 3 aromatic rings. The lowest BCUT2D eigenvalue weighted by Gasteiger charge is -2.02. The highest BCUT2D eigenvalue weighted by atomic mass is 79.9. The highest BCUT2D eigenvalue weighted by Crippen LogP contribution is 2.23.